The number of cyclic esters (lactones) is 1. The molecular formula is C27H33N5O5. The van der Waals surface area contributed by atoms with E-state index < -0.39 is 6.09 Å². The van der Waals surface area contributed by atoms with E-state index in [1.54, 1.807) is 53.4 Å². The summed E-state index contributed by atoms with van der Waals surface area (Å²) in [6.45, 7) is 8.12. The van der Waals surface area contributed by atoms with Crippen molar-refractivity contribution in [3.05, 3.63) is 65.7 Å². The number of benzene rings is 2. The zero-order chi connectivity index (χ0) is 26.4. The van der Waals surface area contributed by atoms with Crippen LogP contribution in [-0.4, -0.2) is 91.6 Å². The van der Waals surface area contributed by atoms with Gasteiger partial charge in [0.15, 0.2) is 0 Å². The van der Waals surface area contributed by atoms with Crippen molar-refractivity contribution < 1.29 is 23.9 Å². The second-order valence-electron chi connectivity index (χ2n) is 9.47. The predicted octanol–water partition coefficient (Wildman–Crippen LogP) is 2.34. The first-order chi connectivity index (χ1) is 17.8. The molecule has 0 bridgehead atoms. The number of piperazine rings is 1. The molecule has 2 heterocycles. The molecule has 196 valence electrons. The number of carbonyl (C=O) groups excluding carboxylic acids is 3. The van der Waals surface area contributed by atoms with E-state index in [1.807, 2.05) is 19.9 Å². The number of hydrogen-bond acceptors (Lipinski definition) is 8. The fourth-order valence-corrected chi connectivity index (χ4v) is 4.38. The minimum atomic E-state index is -0.403. The third kappa shape index (κ3) is 7.14. The summed E-state index contributed by atoms with van der Waals surface area (Å²) in [5.74, 6) is -0.570. The van der Waals surface area contributed by atoms with Crippen LogP contribution in [0, 0.1) is 5.41 Å². The van der Waals surface area contributed by atoms with E-state index in [4.69, 9.17) is 14.9 Å². The molecule has 1 atom stereocenters. The van der Waals surface area contributed by atoms with Crippen molar-refractivity contribution in [1.82, 2.24) is 15.1 Å². The number of amidine groups is 1. The van der Waals surface area contributed by atoms with Crippen LogP contribution in [0.15, 0.2) is 54.6 Å². The molecule has 2 aromatic carbocycles. The highest BCUT2D eigenvalue weighted by Gasteiger charge is 2.34. The molecule has 4 rings (SSSR count). The minimum absolute atomic E-state index is 0.0149. The highest BCUT2D eigenvalue weighted by atomic mass is 16.6. The van der Waals surface area contributed by atoms with Crippen LogP contribution in [0.1, 0.15) is 29.8 Å². The average molecular weight is 508 g/mol. The number of ether oxygens (including phenoxy) is 2. The number of rotatable bonds is 8. The van der Waals surface area contributed by atoms with E-state index in [-0.39, 0.29) is 29.9 Å². The summed E-state index contributed by atoms with van der Waals surface area (Å²) in [6.07, 6.45) is -0.772. The Morgan fingerprint density at radius 3 is 2.30 bits per heavy atom. The fourth-order valence-electron chi connectivity index (χ4n) is 4.38. The van der Waals surface area contributed by atoms with Gasteiger partial charge in [-0.3, -0.25) is 29.7 Å². The van der Waals surface area contributed by atoms with Gasteiger partial charge in [-0.2, -0.15) is 0 Å². The highest BCUT2D eigenvalue weighted by Crippen LogP contribution is 2.23. The predicted molar refractivity (Wildman–Crippen MR) is 139 cm³/mol. The van der Waals surface area contributed by atoms with Crippen LogP contribution in [0.5, 0.6) is 0 Å². The Balaban J connectivity index is 1.25. The molecule has 2 aromatic rings. The quantitative estimate of drug-likeness (QED) is 0.320. The molecule has 0 spiro atoms. The summed E-state index contributed by atoms with van der Waals surface area (Å²) in [7, 11) is 0. The fraction of sp³-hybridized carbons (Fsp3) is 0.407. The number of esters is 1. The lowest BCUT2D eigenvalue weighted by Crippen LogP contribution is -2.50. The Morgan fingerprint density at radius 2 is 1.65 bits per heavy atom. The van der Waals surface area contributed by atoms with Gasteiger partial charge in [0.2, 0.25) is 0 Å². The van der Waals surface area contributed by atoms with E-state index >= 15 is 0 Å². The van der Waals surface area contributed by atoms with Gasteiger partial charge >= 0.3 is 12.1 Å². The zero-order valence-corrected chi connectivity index (χ0v) is 21.2. The Hall–Kier alpha value is -3.76. The van der Waals surface area contributed by atoms with Crippen LogP contribution in [-0.2, 0) is 14.3 Å². The lowest BCUT2D eigenvalue weighted by Gasteiger charge is -2.34. The first-order valence-corrected chi connectivity index (χ1v) is 12.5. The summed E-state index contributed by atoms with van der Waals surface area (Å²) in [4.78, 5) is 42.6. The largest absolute Gasteiger partial charge is 0.462 e. The van der Waals surface area contributed by atoms with E-state index in [9.17, 15) is 14.4 Å². The van der Waals surface area contributed by atoms with E-state index in [0.717, 1.165) is 26.2 Å². The summed E-state index contributed by atoms with van der Waals surface area (Å²) in [5, 5.41) is 10.8. The topological polar surface area (TPSA) is 115 Å². The van der Waals surface area contributed by atoms with Gasteiger partial charge in [0.05, 0.1) is 19.2 Å². The minimum Gasteiger partial charge on any atom is -0.462 e. The molecule has 10 nitrogen and oxygen atoms in total. The van der Waals surface area contributed by atoms with Gasteiger partial charge in [-0.05, 0) is 50.2 Å². The van der Waals surface area contributed by atoms with Crippen molar-refractivity contribution in [3.63, 3.8) is 0 Å². The maximum Gasteiger partial charge on any atom is 0.414 e. The maximum atomic E-state index is 12.5. The third-order valence-electron chi connectivity index (χ3n) is 6.26. The van der Waals surface area contributed by atoms with Crippen LogP contribution in [0.4, 0.5) is 10.5 Å². The molecule has 0 aliphatic carbocycles. The molecule has 37 heavy (non-hydrogen) atoms. The molecule has 1 unspecified atom stereocenters. The molecule has 0 saturated carbocycles. The van der Waals surface area contributed by atoms with Gasteiger partial charge in [-0.25, -0.2) is 4.79 Å². The van der Waals surface area contributed by atoms with Crippen molar-refractivity contribution in [2.45, 2.75) is 26.1 Å². The first kappa shape index (κ1) is 26.3. The molecule has 2 N–H and O–H groups in total. The average Bonchev–Trinajstić information content (AvgIpc) is 3.25. The highest BCUT2D eigenvalue weighted by molar-refractivity contribution is 6.11. The van der Waals surface area contributed by atoms with Crippen LogP contribution >= 0.6 is 0 Å². The first-order valence-electron chi connectivity index (χ1n) is 12.5. The Bertz CT molecular complexity index is 1110. The summed E-state index contributed by atoms with van der Waals surface area (Å²) < 4.78 is 10.8. The Labute approximate surface area is 216 Å². The summed E-state index contributed by atoms with van der Waals surface area (Å²) >= 11 is 0. The summed E-state index contributed by atoms with van der Waals surface area (Å²) in [6, 6.07) is 15.6. The number of nitrogens with one attached hydrogen (secondary N) is 2. The van der Waals surface area contributed by atoms with Crippen molar-refractivity contribution >= 4 is 29.5 Å². The molecule has 0 aromatic heterocycles. The lowest BCUT2D eigenvalue weighted by atomic mass is 10.1. The number of hydrogen-bond donors (Lipinski definition) is 2. The molecule has 2 saturated heterocycles. The second kappa shape index (κ2) is 12.0. The van der Waals surface area contributed by atoms with Gasteiger partial charge in [0, 0.05) is 49.5 Å². The smallest absolute Gasteiger partial charge is 0.414 e. The molecule has 2 aliphatic heterocycles. The maximum absolute atomic E-state index is 12.5. The SMILES string of the molecule is CC(C)OC(=O)CN1CCN(CC2CN(c3ccc(C(=N)NC(=O)c4ccccc4)cc3)C(=O)O2)CC1. The standard InChI is InChI=1S/C27H33N5O5/c1-19(2)36-24(33)18-31-14-12-30(13-15-31)16-23-17-32(27(35)37-23)22-10-8-20(9-11-22)25(28)29-26(34)21-6-4-3-5-7-21/h3-11,19,23H,12-18H2,1-2H3,(H2,28,29,34). The van der Waals surface area contributed by atoms with Crippen LogP contribution < -0.4 is 10.2 Å². The van der Waals surface area contributed by atoms with Crippen LogP contribution in [0.3, 0.4) is 0 Å². The van der Waals surface area contributed by atoms with Crippen LogP contribution in [0.2, 0.25) is 0 Å². The van der Waals surface area contributed by atoms with E-state index in [1.165, 1.54) is 0 Å². The normalized spacial score (nSPS) is 18.5. The van der Waals surface area contributed by atoms with E-state index in [2.05, 4.69) is 15.1 Å². The molecule has 2 aliphatic rings. The number of anilines is 1. The molecule has 2 amide bonds. The molecule has 0 radical (unpaired) electrons. The van der Waals surface area contributed by atoms with Crippen molar-refractivity contribution in [3.8, 4) is 0 Å². The Kier molecular flexibility index (Phi) is 8.52. The van der Waals surface area contributed by atoms with Gasteiger partial charge in [-0.1, -0.05) is 18.2 Å². The number of carbonyl (C=O) groups is 3. The van der Waals surface area contributed by atoms with Gasteiger partial charge in [0.25, 0.3) is 5.91 Å². The lowest BCUT2D eigenvalue weighted by molar-refractivity contribution is -0.149. The van der Waals surface area contributed by atoms with Crippen LogP contribution in [0.25, 0.3) is 0 Å². The number of amides is 2. The second-order valence-corrected chi connectivity index (χ2v) is 9.47. The van der Waals surface area contributed by atoms with Crippen molar-refractivity contribution in [1.29, 1.82) is 5.41 Å². The molecule has 10 heteroatoms. The number of nitrogens with zero attached hydrogens (tertiary/aromatic N) is 3. The monoisotopic (exact) mass is 507 g/mol. The summed E-state index contributed by atoms with van der Waals surface area (Å²) in [5.41, 5.74) is 1.68. The van der Waals surface area contributed by atoms with Crippen molar-refractivity contribution in [2.24, 2.45) is 0 Å². The molecular weight excluding hydrogens is 474 g/mol. The molecule has 2 fully saturated rings. The zero-order valence-electron chi connectivity index (χ0n) is 21.2. The van der Waals surface area contributed by atoms with Gasteiger partial charge in [0.1, 0.15) is 11.9 Å². The van der Waals surface area contributed by atoms with Gasteiger partial charge in [-0.15, -0.1) is 0 Å². The van der Waals surface area contributed by atoms with E-state index in [0.29, 0.717) is 36.4 Å². The third-order valence-corrected chi connectivity index (χ3v) is 6.26. The Morgan fingerprint density at radius 1 is 1.00 bits per heavy atom. The van der Waals surface area contributed by atoms with Gasteiger partial charge < -0.3 is 14.8 Å². The van der Waals surface area contributed by atoms with Crippen molar-refractivity contribution in [2.75, 3.05) is 50.7 Å².